The number of nitrogens with zero attached hydrogens (tertiary/aromatic N) is 8. The van der Waals surface area contributed by atoms with Crippen LogP contribution in [0.5, 0.6) is 0 Å². The van der Waals surface area contributed by atoms with Gasteiger partial charge in [0.25, 0.3) is 0 Å². The van der Waals surface area contributed by atoms with Gasteiger partial charge >= 0.3 is 0 Å². The molecule has 0 aliphatic heterocycles. The second-order valence-electron chi connectivity index (χ2n) is 23.1. The topological polar surface area (TPSA) is 244 Å². The lowest BCUT2D eigenvalue weighted by molar-refractivity contribution is -0.150. The molecular weight excluding hydrogens is 1130 g/mol. The molecule has 89 heavy (non-hydrogen) atoms. The van der Waals surface area contributed by atoms with Crippen LogP contribution < -0.4 is 16.8 Å². The van der Waals surface area contributed by atoms with Crippen molar-refractivity contribution >= 4 is 53.2 Å². The van der Waals surface area contributed by atoms with Crippen LogP contribution in [-0.4, -0.2) is 197 Å². The molecule has 0 bridgehead atoms. The smallest absolute Gasteiger partial charge is 0.243 e. The molecule has 0 unspecified atom stereocenters. The van der Waals surface area contributed by atoms with E-state index in [9.17, 15) is 28.8 Å². The van der Waals surface area contributed by atoms with Gasteiger partial charge in [-0.1, -0.05) is 172 Å². The number of carbonyl (C=O) groups is 9. The van der Waals surface area contributed by atoms with Crippen LogP contribution in [0.1, 0.15) is 86.2 Å². The van der Waals surface area contributed by atoms with Crippen molar-refractivity contribution in [1.82, 2.24) is 44.5 Å². The number of hydrogen-bond donors (Lipinski definition) is 3. The molecule has 1 aliphatic rings. The van der Waals surface area contributed by atoms with E-state index in [2.05, 4.69) is 11.9 Å². The van der Waals surface area contributed by atoms with E-state index in [1.807, 2.05) is 129 Å². The Hall–Kier alpha value is -9.01. The Kier molecular flexibility index (Phi) is 27.7. The number of unbranched alkanes of at least 4 members (excludes halogenated alkanes) is 1. The van der Waals surface area contributed by atoms with Crippen molar-refractivity contribution in [2.75, 3.05) is 98.7 Å². The number of rotatable bonds is 37. The summed E-state index contributed by atoms with van der Waals surface area (Å²) in [5, 5.41) is 3.21. The summed E-state index contributed by atoms with van der Waals surface area (Å²) in [7, 11) is 1.41. The van der Waals surface area contributed by atoms with E-state index in [1.54, 1.807) is 49.4 Å². The van der Waals surface area contributed by atoms with Crippen molar-refractivity contribution in [3.8, 4) is 0 Å². The van der Waals surface area contributed by atoms with E-state index >= 15 is 14.4 Å². The van der Waals surface area contributed by atoms with Crippen molar-refractivity contribution in [3.05, 3.63) is 192 Å². The van der Waals surface area contributed by atoms with Crippen LogP contribution in [0.15, 0.2) is 164 Å². The minimum atomic E-state index is -0.767. The molecule has 474 valence electrons. The van der Waals surface area contributed by atoms with Crippen LogP contribution in [0.4, 0.5) is 0 Å². The zero-order chi connectivity index (χ0) is 64.2. The molecule has 5 N–H and O–H groups in total. The maximum absolute atomic E-state index is 15.7. The molecule has 9 amide bonds. The molecule has 0 spiro atoms. The molecule has 20 nitrogen and oxygen atoms in total. The van der Waals surface area contributed by atoms with Crippen molar-refractivity contribution < 1.29 is 43.2 Å². The van der Waals surface area contributed by atoms with Gasteiger partial charge in [-0.3, -0.25) is 43.2 Å². The van der Waals surface area contributed by atoms with Gasteiger partial charge in [-0.2, -0.15) is 0 Å². The highest BCUT2D eigenvalue weighted by Crippen LogP contribution is 2.28. The SMILES string of the molecule is C=CCN(CC(=O)N(CC(=O)N(CCCCN)CC(=O)N(CC(=O)N(CC(=O)N(CC(=O)N(CC(=O)N(C)CC(N)=O)Cc1ccccc1)Cc1ccccc1)[C@@H](C)c1ccccc1)CC(c1ccccc1)c1ccccc1)CC(C)C)C(=O)CNC1CC1. The van der Waals surface area contributed by atoms with Gasteiger partial charge in [0.2, 0.25) is 53.2 Å². The standard InChI is InChI=1S/C69H89N11O9/c1-6-37-74(62(82)39-72-59-34-35-59)46-65(85)76(40-52(2)3)48-64(84)75(38-23-22-36-70)47-66(86)79(43-60(57-30-18-10-19-31-57)58-32-20-11-21-33-58)50-69(89)80(53(4)56-28-16-9-17-29-56)51-68(88)78(42-55-26-14-8-15-27-55)49-67(87)77(41-54-24-12-7-13-25-54)45-63(83)73(5)44-61(71)81/h6-21,24-33,52-53,59-60,72H,1,22-23,34-51,70H2,2-5H3,(H2,71,81)/t53-/m0/s1. The number of amides is 9. The molecule has 6 rings (SSSR count). The van der Waals surface area contributed by atoms with E-state index in [-0.39, 0.29) is 76.8 Å². The molecule has 1 saturated carbocycles. The van der Waals surface area contributed by atoms with Gasteiger partial charge < -0.3 is 56.0 Å². The van der Waals surface area contributed by atoms with Gasteiger partial charge in [0.1, 0.15) is 26.2 Å². The fraction of sp³-hybridized carbons (Fsp3) is 0.406. The van der Waals surface area contributed by atoms with Gasteiger partial charge in [0, 0.05) is 58.3 Å². The molecule has 1 fully saturated rings. The highest BCUT2D eigenvalue weighted by molar-refractivity contribution is 5.94. The molecule has 20 heteroatoms. The maximum Gasteiger partial charge on any atom is 0.243 e. The summed E-state index contributed by atoms with van der Waals surface area (Å²) in [6.45, 7) is 6.55. The van der Waals surface area contributed by atoms with Crippen LogP contribution in [0.2, 0.25) is 0 Å². The molecule has 5 aromatic rings. The third-order valence-electron chi connectivity index (χ3n) is 15.4. The molecule has 1 atom stereocenters. The first kappa shape index (κ1) is 69.1. The Morgan fingerprint density at radius 3 is 1.39 bits per heavy atom. The summed E-state index contributed by atoms with van der Waals surface area (Å²) in [5.41, 5.74) is 15.2. The Labute approximate surface area is 524 Å². The van der Waals surface area contributed by atoms with Gasteiger partial charge in [-0.25, -0.2) is 0 Å². The Balaban J connectivity index is 1.36. The third-order valence-corrected chi connectivity index (χ3v) is 15.4. The predicted octanol–water partition coefficient (Wildman–Crippen LogP) is 5.06. The molecule has 0 radical (unpaired) electrons. The fourth-order valence-electron chi connectivity index (χ4n) is 10.3. The highest BCUT2D eigenvalue weighted by Gasteiger charge is 2.34. The fourth-order valence-corrected chi connectivity index (χ4v) is 10.3. The molecule has 5 aromatic carbocycles. The summed E-state index contributed by atoms with van der Waals surface area (Å²) >= 11 is 0. The lowest BCUT2D eigenvalue weighted by Crippen LogP contribution is -2.53. The van der Waals surface area contributed by atoms with Crippen LogP contribution in [0.25, 0.3) is 0 Å². The Bertz CT molecular complexity index is 3060. The quantitative estimate of drug-likeness (QED) is 0.0351. The van der Waals surface area contributed by atoms with Crippen LogP contribution in [-0.2, 0) is 56.2 Å². The zero-order valence-electron chi connectivity index (χ0n) is 52.1. The number of hydrogen-bond acceptors (Lipinski definition) is 11. The second-order valence-corrected chi connectivity index (χ2v) is 23.1. The van der Waals surface area contributed by atoms with Gasteiger partial charge in [-0.05, 0) is 72.9 Å². The lowest BCUT2D eigenvalue weighted by atomic mass is 9.90. The lowest BCUT2D eigenvalue weighted by Gasteiger charge is -2.36. The van der Waals surface area contributed by atoms with E-state index in [0.717, 1.165) is 28.9 Å². The average Bonchev–Trinajstić information content (AvgIpc) is 3.17. The van der Waals surface area contributed by atoms with Crippen molar-refractivity contribution in [2.45, 2.75) is 77.5 Å². The van der Waals surface area contributed by atoms with Crippen LogP contribution in [0, 0.1) is 5.92 Å². The summed E-state index contributed by atoms with van der Waals surface area (Å²) in [6, 6.07) is 45.8. The van der Waals surface area contributed by atoms with E-state index in [0.29, 0.717) is 36.1 Å². The summed E-state index contributed by atoms with van der Waals surface area (Å²) in [4.78, 5) is 140. The van der Waals surface area contributed by atoms with E-state index in [1.165, 1.54) is 41.3 Å². The number of nitrogens with two attached hydrogens (primary N) is 2. The molecule has 1 aliphatic carbocycles. The maximum atomic E-state index is 15.7. The first-order valence-corrected chi connectivity index (χ1v) is 30.6. The summed E-state index contributed by atoms with van der Waals surface area (Å²) in [6.07, 6.45) is 4.47. The van der Waals surface area contributed by atoms with Gasteiger partial charge in [0.15, 0.2) is 0 Å². The molecule has 0 saturated heterocycles. The van der Waals surface area contributed by atoms with Crippen LogP contribution >= 0.6 is 0 Å². The van der Waals surface area contributed by atoms with Crippen molar-refractivity contribution in [2.24, 2.45) is 17.4 Å². The van der Waals surface area contributed by atoms with Crippen molar-refractivity contribution in [1.29, 1.82) is 0 Å². The number of carbonyl (C=O) groups excluding carboxylic acids is 9. The molecular formula is C69H89N11O9. The Morgan fingerprint density at radius 1 is 0.494 bits per heavy atom. The monoisotopic (exact) mass is 1220 g/mol. The first-order valence-electron chi connectivity index (χ1n) is 30.6. The molecule has 0 heterocycles. The summed E-state index contributed by atoms with van der Waals surface area (Å²) in [5.74, 6) is -5.44. The van der Waals surface area contributed by atoms with Gasteiger partial charge in [-0.15, -0.1) is 6.58 Å². The first-order chi connectivity index (χ1) is 42.8. The number of likely N-dealkylation sites (N-methyl/N-ethyl adjacent to an activating group) is 1. The third kappa shape index (κ3) is 22.9. The minimum Gasteiger partial charge on any atom is -0.368 e. The summed E-state index contributed by atoms with van der Waals surface area (Å²) < 4.78 is 0. The number of nitrogens with one attached hydrogen (secondary N) is 1. The van der Waals surface area contributed by atoms with Crippen LogP contribution in [0.3, 0.4) is 0 Å². The van der Waals surface area contributed by atoms with Gasteiger partial charge in [0.05, 0.1) is 38.8 Å². The zero-order valence-corrected chi connectivity index (χ0v) is 52.1. The Morgan fingerprint density at radius 2 is 0.910 bits per heavy atom. The molecule has 0 aromatic heterocycles. The van der Waals surface area contributed by atoms with Crippen molar-refractivity contribution in [3.63, 3.8) is 0 Å². The normalized spacial score (nSPS) is 12.1. The minimum absolute atomic E-state index is 0.00454. The van der Waals surface area contributed by atoms with E-state index < -0.39 is 98.5 Å². The average molecular weight is 1220 g/mol. The van der Waals surface area contributed by atoms with E-state index in [4.69, 9.17) is 11.5 Å². The number of benzene rings is 5. The predicted molar refractivity (Wildman–Crippen MR) is 343 cm³/mol. The largest absolute Gasteiger partial charge is 0.368 e. The second kappa shape index (κ2) is 35.7. The number of primary amides is 1. The highest BCUT2D eigenvalue weighted by atomic mass is 16.2.